The molecule has 2 fully saturated rings. The van der Waals surface area contributed by atoms with Crippen LogP contribution in [0.1, 0.15) is 58.4 Å². The first-order valence-corrected chi connectivity index (χ1v) is 12.9. The SMILES string of the molecule is CC(C)(C)C[C@H](NC(=O)C(NC(=O)OCc1ccccc1)C1CC1)C(=O)N[C@H](C=O)C[C@@H]1CCNC1=O. The normalized spacial score (nSPS) is 19.6. The van der Waals surface area contributed by atoms with Gasteiger partial charge >= 0.3 is 6.09 Å². The maximum absolute atomic E-state index is 13.2. The highest BCUT2D eigenvalue weighted by atomic mass is 16.5. The Morgan fingerprint density at radius 2 is 1.76 bits per heavy atom. The molecule has 1 unspecified atom stereocenters. The van der Waals surface area contributed by atoms with Gasteiger partial charge in [0.1, 0.15) is 25.0 Å². The summed E-state index contributed by atoms with van der Waals surface area (Å²) in [6, 6.07) is 6.62. The third-order valence-electron chi connectivity index (χ3n) is 6.50. The third-order valence-corrected chi connectivity index (χ3v) is 6.50. The molecular formula is C27H38N4O6. The predicted octanol–water partition coefficient (Wildman–Crippen LogP) is 1.82. The van der Waals surface area contributed by atoms with Crippen LogP contribution in [-0.2, 0) is 30.5 Å². The van der Waals surface area contributed by atoms with Crippen molar-refractivity contribution in [1.29, 1.82) is 0 Å². The Kier molecular flexibility index (Phi) is 9.66. The predicted molar refractivity (Wildman–Crippen MR) is 136 cm³/mol. The molecule has 1 heterocycles. The minimum atomic E-state index is -0.921. The molecule has 1 aromatic carbocycles. The van der Waals surface area contributed by atoms with E-state index >= 15 is 0 Å². The second-order valence-corrected chi connectivity index (χ2v) is 11.1. The van der Waals surface area contributed by atoms with E-state index in [0.29, 0.717) is 25.7 Å². The number of benzene rings is 1. The summed E-state index contributed by atoms with van der Waals surface area (Å²) in [6.45, 7) is 6.45. The molecule has 202 valence electrons. The van der Waals surface area contributed by atoms with Gasteiger partial charge in [-0.1, -0.05) is 51.1 Å². The van der Waals surface area contributed by atoms with Gasteiger partial charge in [-0.05, 0) is 49.0 Å². The number of ether oxygens (including phenoxy) is 1. The molecule has 4 atom stereocenters. The lowest BCUT2D eigenvalue weighted by molar-refractivity contribution is -0.132. The Labute approximate surface area is 217 Å². The van der Waals surface area contributed by atoms with Crippen molar-refractivity contribution < 1.29 is 28.7 Å². The molecule has 1 saturated carbocycles. The van der Waals surface area contributed by atoms with Crippen LogP contribution < -0.4 is 21.3 Å². The molecule has 10 heteroatoms. The van der Waals surface area contributed by atoms with Gasteiger partial charge in [0.25, 0.3) is 0 Å². The quantitative estimate of drug-likeness (QED) is 0.314. The molecule has 1 aliphatic carbocycles. The Balaban J connectivity index is 1.61. The Bertz CT molecular complexity index is 973. The number of hydrogen-bond donors (Lipinski definition) is 4. The lowest BCUT2D eigenvalue weighted by atomic mass is 9.87. The second-order valence-electron chi connectivity index (χ2n) is 11.1. The van der Waals surface area contributed by atoms with E-state index in [2.05, 4.69) is 21.3 Å². The molecule has 1 aliphatic heterocycles. The van der Waals surface area contributed by atoms with Gasteiger partial charge in [-0.25, -0.2) is 4.79 Å². The van der Waals surface area contributed by atoms with Crippen LogP contribution >= 0.6 is 0 Å². The highest BCUT2D eigenvalue weighted by Crippen LogP contribution is 2.33. The molecule has 0 spiro atoms. The van der Waals surface area contributed by atoms with E-state index in [4.69, 9.17) is 4.74 Å². The van der Waals surface area contributed by atoms with Crippen molar-refractivity contribution in [3.05, 3.63) is 35.9 Å². The Hall–Kier alpha value is -3.43. The summed E-state index contributed by atoms with van der Waals surface area (Å²) in [6.07, 6.45) is 2.61. The average Bonchev–Trinajstić information content (AvgIpc) is 3.61. The smallest absolute Gasteiger partial charge is 0.408 e. The van der Waals surface area contributed by atoms with Gasteiger partial charge in [0.05, 0.1) is 6.04 Å². The van der Waals surface area contributed by atoms with Crippen LogP contribution in [0.25, 0.3) is 0 Å². The fourth-order valence-corrected chi connectivity index (χ4v) is 4.41. The topological polar surface area (TPSA) is 143 Å². The van der Waals surface area contributed by atoms with Crippen LogP contribution in [0.3, 0.4) is 0 Å². The number of rotatable bonds is 12. The number of hydrogen-bond acceptors (Lipinski definition) is 6. The first kappa shape index (κ1) is 28.1. The summed E-state index contributed by atoms with van der Waals surface area (Å²) in [4.78, 5) is 62.4. The van der Waals surface area contributed by atoms with E-state index in [1.807, 2.05) is 51.1 Å². The Morgan fingerprint density at radius 3 is 2.32 bits per heavy atom. The zero-order valence-corrected chi connectivity index (χ0v) is 21.8. The zero-order chi connectivity index (χ0) is 27.0. The standard InChI is InChI=1S/C27H38N4O6/c1-27(2,3)14-21(24(34)29-20(15-32)13-19-11-12-28-23(19)33)30-25(35)22(18-9-10-18)31-26(36)37-16-17-7-5-4-6-8-17/h4-8,15,18-22H,9-14,16H2,1-3H3,(H,28,33)(H,29,34)(H,30,35)(H,31,36)/t19-,20-,21-,22?/m0/s1. The van der Waals surface area contributed by atoms with Gasteiger partial charge < -0.3 is 30.8 Å². The van der Waals surface area contributed by atoms with E-state index in [1.54, 1.807) is 0 Å². The van der Waals surface area contributed by atoms with Crippen LogP contribution in [0, 0.1) is 17.3 Å². The summed E-state index contributed by atoms with van der Waals surface area (Å²) < 4.78 is 5.28. The van der Waals surface area contributed by atoms with Crippen LogP contribution in [0.4, 0.5) is 4.79 Å². The molecule has 3 rings (SSSR count). The average molecular weight is 515 g/mol. The number of carbonyl (C=O) groups excluding carboxylic acids is 5. The molecule has 2 aliphatic rings. The lowest BCUT2D eigenvalue weighted by Crippen LogP contribution is -2.56. The minimum Gasteiger partial charge on any atom is -0.445 e. The van der Waals surface area contributed by atoms with Crippen LogP contribution in [0.15, 0.2) is 30.3 Å². The number of carbonyl (C=O) groups is 5. The summed E-state index contributed by atoms with van der Waals surface area (Å²) >= 11 is 0. The number of nitrogens with one attached hydrogen (secondary N) is 4. The van der Waals surface area contributed by atoms with Crippen molar-refractivity contribution in [2.24, 2.45) is 17.3 Å². The molecule has 1 saturated heterocycles. The van der Waals surface area contributed by atoms with Crippen molar-refractivity contribution in [3.63, 3.8) is 0 Å². The first-order chi connectivity index (χ1) is 17.6. The van der Waals surface area contributed by atoms with Crippen LogP contribution in [0.2, 0.25) is 0 Å². The molecule has 4 amide bonds. The molecule has 4 N–H and O–H groups in total. The lowest BCUT2D eigenvalue weighted by Gasteiger charge is -2.29. The fraction of sp³-hybridized carbons (Fsp3) is 0.593. The van der Waals surface area contributed by atoms with Crippen molar-refractivity contribution in [3.8, 4) is 0 Å². The first-order valence-electron chi connectivity index (χ1n) is 12.9. The van der Waals surface area contributed by atoms with E-state index in [0.717, 1.165) is 18.4 Å². The molecule has 0 bridgehead atoms. The highest BCUT2D eigenvalue weighted by molar-refractivity contribution is 5.92. The minimum absolute atomic E-state index is 0.0359. The number of amides is 4. The molecule has 0 aromatic heterocycles. The summed E-state index contributed by atoms with van der Waals surface area (Å²) in [7, 11) is 0. The molecular weight excluding hydrogens is 476 g/mol. The van der Waals surface area contributed by atoms with Crippen molar-refractivity contribution in [1.82, 2.24) is 21.3 Å². The van der Waals surface area contributed by atoms with Gasteiger partial charge in [0.15, 0.2) is 0 Å². The van der Waals surface area contributed by atoms with Crippen LogP contribution in [-0.4, -0.2) is 54.8 Å². The molecule has 10 nitrogen and oxygen atoms in total. The molecule has 1 aromatic rings. The maximum atomic E-state index is 13.2. The van der Waals surface area contributed by atoms with Crippen molar-refractivity contribution >= 4 is 30.1 Å². The van der Waals surface area contributed by atoms with E-state index in [1.165, 1.54) is 0 Å². The third kappa shape index (κ3) is 9.18. The van der Waals surface area contributed by atoms with Gasteiger partial charge in [-0.15, -0.1) is 0 Å². The van der Waals surface area contributed by atoms with Crippen molar-refractivity contribution in [2.75, 3.05) is 6.54 Å². The Morgan fingerprint density at radius 1 is 1.05 bits per heavy atom. The zero-order valence-electron chi connectivity index (χ0n) is 21.8. The maximum Gasteiger partial charge on any atom is 0.408 e. The summed E-state index contributed by atoms with van der Waals surface area (Å²) in [5, 5.41) is 10.9. The summed E-state index contributed by atoms with van der Waals surface area (Å²) in [5.74, 6) is -1.47. The van der Waals surface area contributed by atoms with Crippen molar-refractivity contribution in [2.45, 2.75) is 77.6 Å². The van der Waals surface area contributed by atoms with E-state index in [9.17, 15) is 24.0 Å². The second kappa shape index (κ2) is 12.7. The van der Waals surface area contributed by atoms with E-state index in [-0.39, 0.29) is 36.2 Å². The van der Waals surface area contributed by atoms with Crippen LogP contribution in [0.5, 0.6) is 0 Å². The van der Waals surface area contributed by atoms with E-state index < -0.39 is 36.0 Å². The number of alkyl carbamates (subject to hydrolysis) is 1. The fourth-order valence-electron chi connectivity index (χ4n) is 4.41. The van der Waals surface area contributed by atoms with Gasteiger partial charge in [-0.2, -0.15) is 0 Å². The largest absolute Gasteiger partial charge is 0.445 e. The van der Waals surface area contributed by atoms with Gasteiger partial charge in [-0.3, -0.25) is 14.4 Å². The monoisotopic (exact) mass is 514 g/mol. The van der Waals surface area contributed by atoms with Gasteiger partial charge in [0.2, 0.25) is 17.7 Å². The highest BCUT2D eigenvalue weighted by Gasteiger charge is 2.40. The molecule has 0 radical (unpaired) electrons. The summed E-state index contributed by atoms with van der Waals surface area (Å²) in [5.41, 5.74) is 0.515. The number of aldehydes is 1. The molecule has 37 heavy (non-hydrogen) atoms. The van der Waals surface area contributed by atoms with Gasteiger partial charge in [0, 0.05) is 12.5 Å².